The van der Waals surface area contributed by atoms with Crippen LogP contribution in [0.15, 0.2) is 35.7 Å². The molecule has 1 aromatic carbocycles. The van der Waals surface area contributed by atoms with Crippen molar-refractivity contribution in [1.82, 2.24) is 10.3 Å². The highest BCUT2D eigenvalue weighted by Gasteiger charge is 2.18. The van der Waals surface area contributed by atoms with E-state index >= 15 is 0 Å². The number of hydrogen-bond donors (Lipinski definition) is 1. The molecule has 1 aromatic heterocycles. The third kappa shape index (κ3) is 3.88. The van der Waals surface area contributed by atoms with Crippen molar-refractivity contribution in [2.45, 2.75) is 45.7 Å². The first-order valence-electron chi connectivity index (χ1n) is 6.70. The van der Waals surface area contributed by atoms with Gasteiger partial charge in [-0.1, -0.05) is 51.1 Å². The summed E-state index contributed by atoms with van der Waals surface area (Å²) in [6.45, 7) is 9.62. The highest BCUT2D eigenvalue weighted by molar-refractivity contribution is 7.09. The molecule has 2 rings (SSSR count). The van der Waals surface area contributed by atoms with Gasteiger partial charge in [-0.05, 0) is 12.5 Å². The fourth-order valence-electron chi connectivity index (χ4n) is 1.85. The maximum atomic E-state index is 4.70. The average Bonchev–Trinajstić information content (AvgIpc) is 2.86. The first kappa shape index (κ1) is 14.2. The van der Waals surface area contributed by atoms with Gasteiger partial charge in [0.2, 0.25) is 0 Å². The first-order valence-corrected chi connectivity index (χ1v) is 7.58. The lowest BCUT2D eigenvalue weighted by molar-refractivity contribution is 0.556. The summed E-state index contributed by atoms with van der Waals surface area (Å²) in [5.41, 5.74) is 2.60. The van der Waals surface area contributed by atoms with Crippen LogP contribution in [0.2, 0.25) is 0 Å². The van der Waals surface area contributed by atoms with Crippen LogP contribution in [-0.4, -0.2) is 4.98 Å². The van der Waals surface area contributed by atoms with E-state index in [-0.39, 0.29) is 5.41 Å². The minimum Gasteiger partial charge on any atom is -0.305 e. The summed E-state index contributed by atoms with van der Waals surface area (Å²) >= 11 is 1.75. The summed E-state index contributed by atoms with van der Waals surface area (Å²) in [4.78, 5) is 4.70. The monoisotopic (exact) mass is 274 g/mol. The molecule has 0 saturated carbocycles. The van der Waals surface area contributed by atoms with Gasteiger partial charge in [0.05, 0.1) is 10.7 Å². The number of rotatable bonds is 4. The van der Waals surface area contributed by atoms with Gasteiger partial charge in [-0.15, -0.1) is 11.3 Å². The topological polar surface area (TPSA) is 24.9 Å². The van der Waals surface area contributed by atoms with Crippen LogP contribution in [0.25, 0.3) is 0 Å². The zero-order valence-corrected chi connectivity index (χ0v) is 12.9. The molecule has 0 bridgehead atoms. The molecule has 0 aliphatic rings. The number of thiazole rings is 1. The predicted octanol–water partition coefficient (Wildman–Crippen LogP) is 4.29. The van der Waals surface area contributed by atoms with Gasteiger partial charge in [-0.2, -0.15) is 0 Å². The van der Waals surface area contributed by atoms with E-state index in [1.807, 2.05) is 6.07 Å². The third-order valence-corrected chi connectivity index (χ3v) is 4.40. The molecule has 0 aliphatic carbocycles. The Bertz CT molecular complexity index is 511. The molecule has 0 fully saturated rings. The number of nitrogens with zero attached hydrogens (tertiary/aromatic N) is 1. The number of aromatic nitrogens is 1. The highest BCUT2D eigenvalue weighted by Crippen LogP contribution is 2.25. The Balaban J connectivity index is 1.94. The van der Waals surface area contributed by atoms with Gasteiger partial charge in [0.25, 0.3) is 0 Å². The molecule has 2 aromatic rings. The van der Waals surface area contributed by atoms with E-state index in [1.165, 1.54) is 10.6 Å². The Morgan fingerprint density at radius 3 is 2.47 bits per heavy atom. The van der Waals surface area contributed by atoms with Crippen LogP contribution < -0.4 is 5.32 Å². The number of hydrogen-bond acceptors (Lipinski definition) is 3. The van der Waals surface area contributed by atoms with Crippen LogP contribution in [0.4, 0.5) is 0 Å². The molecule has 0 unspecified atom stereocenters. The minimum atomic E-state index is 0.147. The lowest BCUT2D eigenvalue weighted by Crippen LogP contribution is -2.18. The highest BCUT2D eigenvalue weighted by atomic mass is 32.1. The van der Waals surface area contributed by atoms with Crippen molar-refractivity contribution in [3.63, 3.8) is 0 Å². The molecule has 3 heteroatoms. The van der Waals surface area contributed by atoms with Crippen LogP contribution >= 0.6 is 11.3 Å². The normalized spacial score (nSPS) is 13.5. The van der Waals surface area contributed by atoms with E-state index in [0.29, 0.717) is 6.04 Å². The van der Waals surface area contributed by atoms with Crippen molar-refractivity contribution in [2.24, 2.45) is 0 Å². The van der Waals surface area contributed by atoms with E-state index < -0.39 is 0 Å². The number of nitrogens with one attached hydrogen (secondary N) is 1. The summed E-state index contributed by atoms with van der Waals surface area (Å²) in [5.74, 6) is 0. The standard InChI is InChI=1S/C16H22N2S/c1-12(13-8-6-5-7-9-13)17-10-14-11-19-15(18-14)16(2,3)4/h5-9,11-12,17H,10H2,1-4H3/t12-/m0/s1. The van der Waals surface area contributed by atoms with Crippen molar-refractivity contribution in [3.8, 4) is 0 Å². The summed E-state index contributed by atoms with van der Waals surface area (Å²) in [6.07, 6.45) is 0. The molecule has 0 amide bonds. The van der Waals surface area contributed by atoms with Crippen molar-refractivity contribution >= 4 is 11.3 Å². The summed E-state index contributed by atoms with van der Waals surface area (Å²) < 4.78 is 0. The molecule has 0 spiro atoms. The maximum absolute atomic E-state index is 4.70. The van der Waals surface area contributed by atoms with Crippen LogP contribution in [0.1, 0.15) is 50.0 Å². The first-order chi connectivity index (χ1) is 8.97. The lowest BCUT2D eigenvalue weighted by atomic mass is 9.98. The van der Waals surface area contributed by atoms with E-state index in [2.05, 4.69) is 62.7 Å². The van der Waals surface area contributed by atoms with Gasteiger partial charge in [-0.3, -0.25) is 0 Å². The van der Waals surface area contributed by atoms with E-state index in [9.17, 15) is 0 Å². The van der Waals surface area contributed by atoms with Crippen LogP contribution in [-0.2, 0) is 12.0 Å². The molecule has 0 aliphatic heterocycles. The molecule has 2 nitrogen and oxygen atoms in total. The lowest BCUT2D eigenvalue weighted by Gasteiger charge is -2.14. The smallest absolute Gasteiger partial charge is 0.0982 e. The quantitative estimate of drug-likeness (QED) is 0.899. The predicted molar refractivity (Wildman–Crippen MR) is 82.5 cm³/mol. The van der Waals surface area contributed by atoms with Crippen molar-refractivity contribution in [2.75, 3.05) is 0 Å². The van der Waals surface area contributed by atoms with Crippen molar-refractivity contribution in [3.05, 3.63) is 52.0 Å². The number of benzene rings is 1. The van der Waals surface area contributed by atoms with Gasteiger partial charge in [0.1, 0.15) is 0 Å². The second-order valence-electron chi connectivity index (χ2n) is 5.91. The third-order valence-electron chi connectivity index (χ3n) is 3.08. The molecule has 1 atom stereocenters. The van der Waals surface area contributed by atoms with E-state index in [1.54, 1.807) is 11.3 Å². The summed E-state index contributed by atoms with van der Waals surface area (Å²) in [7, 11) is 0. The second-order valence-corrected chi connectivity index (χ2v) is 6.77. The van der Waals surface area contributed by atoms with Crippen LogP contribution in [0.3, 0.4) is 0 Å². The molecule has 0 saturated heterocycles. The Kier molecular flexibility index (Phi) is 4.38. The van der Waals surface area contributed by atoms with Gasteiger partial charge in [-0.25, -0.2) is 4.98 Å². The van der Waals surface area contributed by atoms with E-state index in [4.69, 9.17) is 4.98 Å². The zero-order chi connectivity index (χ0) is 13.9. The molecule has 102 valence electrons. The largest absolute Gasteiger partial charge is 0.305 e. The van der Waals surface area contributed by atoms with Gasteiger partial charge < -0.3 is 5.32 Å². The van der Waals surface area contributed by atoms with Crippen LogP contribution in [0.5, 0.6) is 0 Å². The fourth-order valence-corrected chi connectivity index (χ4v) is 2.76. The van der Waals surface area contributed by atoms with Crippen molar-refractivity contribution in [1.29, 1.82) is 0 Å². The maximum Gasteiger partial charge on any atom is 0.0982 e. The van der Waals surface area contributed by atoms with E-state index in [0.717, 1.165) is 12.2 Å². The molecule has 0 radical (unpaired) electrons. The zero-order valence-electron chi connectivity index (χ0n) is 12.1. The molecule has 1 heterocycles. The molecular weight excluding hydrogens is 252 g/mol. The Morgan fingerprint density at radius 1 is 1.21 bits per heavy atom. The fraction of sp³-hybridized carbons (Fsp3) is 0.438. The molecule has 1 N–H and O–H groups in total. The van der Waals surface area contributed by atoms with Gasteiger partial charge in [0, 0.05) is 23.4 Å². The second kappa shape index (κ2) is 5.85. The molecule has 19 heavy (non-hydrogen) atoms. The minimum absolute atomic E-state index is 0.147. The Morgan fingerprint density at radius 2 is 1.89 bits per heavy atom. The SMILES string of the molecule is C[C@H](NCc1csc(C(C)(C)C)n1)c1ccccc1. The molecular formula is C16H22N2S. The average molecular weight is 274 g/mol. The summed E-state index contributed by atoms with van der Waals surface area (Å²) in [5, 5.41) is 6.89. The van der Waals surface area contributed by atoms with Gasteiger partial charge >= 0.3 is 0 Å². The van der Waals surface area contributed by atoms with Crippen LogP contribution in [0, 0.1) is 0 Å². The summed E-state index contributed by atoms with van der Waals surface area (Å²) in [6, 6.07) is 10.9. The Labute approximate surface area is 119 Å². The van der Waals surface area contributed by atoms with Crippen molar-refractivity contribution < 1.29 is 0 Å². The Hall–Kier alpha value is -1.19. The van der Waals surface area contributed by atoms with Gasteiger partial charge in [0.15, 0.2) is 0 Å².